The predicted molar refractivity (Wildman–Crippen MR) is 245 cm³/mol. The molecule has 0 N–H and O–H groups in total. The van der Waals surface area contributed by atoms with Gasteiger partial charge in [-0.15, -0.1) is 0 Å². The minimum Gasteiger partial charge on any atom is -0.415 e. The third-order valence-corrected chi connectivity index (χ3v) is 41.3. The van der Waals surface area contributed by atoms with Crippen molar-refractivity contribution >= 4 is 42.6 Å². The van der Waals surface area contributed by atoms with Crippen molar-refractivity contribution in [1.29, 1.82) is 0 Å². The Bertz CT molecular complexity index is 795. The summed E-state index contributed by atoms with van der Waals surface area (Å²) in [5.41, 5.74) is 4.31. The first kappa shape index (κ1) is 53.8. The predicted octanol–water partition coefficient (Wildman–Crippen LogP) is 15.3. The third-order valence-electron chi connectivity index (χ3n) is 13.3. The van der Waals surface area contributed by atoms with Crippen molar-refractivity contribution < 1.29 is 25.6 Å². The van der Waals surface area contributed by atoms with Crippen molar-refractivity contribution in [1.82, 2.24) is 0 Å². The zero-order valence-electron chi connectivity index (χ0n) is 39.6. The van der Waals surface area contributed by atoms with Crippen LogP contribution < -0.4 is 0 Å². The van der Waals surface area contributed by atoms with Gasteiger partial charge in [0.2, 0.25) is 0 Å². The molecule has 0 aliphatic carbocycles. The maximum Gasteiger partial charge on any atom is 0.500 e. The molecule has 0 atom stereocenters. The first-order valence-electron chi connectivity index (χ1n) is 22.3. The summed E-state index contributed by atoms with van der Waals surface area (Å²) in [5.74, 6) is 0. The van der Waals surface area contributed by atoms with Gasteiger partial charge in [0.05, 0.1) is 0 Å². The van der Waals surface area contributed by atoms with Gasteiger partial charge in [-0.05, 0) is 62.7 Å². The topological polar surface area (TPSA) is 55.4 Å². The van der Waals surface area contributed by atoms with E-state index in [1.54, 1.807) is 21.3 Å². The summed E-state index contributed by atoms with van der Waals surface area (Å²) >= 11 is 0. The summed E-state index contributed by atoms with van der Waals surface area (Å²) in [6, 6.07) is 1.86. The molecule has 0 aliphatic heterocycles. The highest BCUT2D eigenvalue weighted by molar-refractivity contribution is 6.94. The molecule has 0 radical (unpaired) electrons. The largest absolute Gasteiger partial charge is 0.500 e. The first-order valence-corrected chi connectivity index (χ1v) is 32.5. The smallest absolute Gasteiger partial charge is 0.415 e. The molecule has 11 heteroatoms. The Morgan fingerprint density at radius 1 is 0.264 bits per heavy atom. The van der Waals surface area contributed by atoms with Crippen LogP contribution in [0.2, 0.25) is 62.0 Å². The normalized spacial score (nSPS) is 14.4. The maximum atomic E-state index is 8.24. The molecule has 0 aromatic heterocycles. The molecule has 0 amide bonds. The van der Waals surface area contributed by atoms with Crippen LogP contribution in [0.1, 0.15) is 189 Å². The standard InChI is InChI=1S/C42H96O6Si5/c1-34(2)51(35(3)4,36(5)6)46-50(47-52(37(7)8,38(9)10)39(11)12,48-53(40(13)14,41(15)16)42(17)18)33-31-29-27-25-23-22-24-26-28-30-32-49(43-19,44-20)45-21/h34-42H,22-33H2,1-21H3. The van der Waals surface area contributed by atoms with Crippen LogP contribution in [0.3, 0.4) is 0 Å². The molecule has 6 nitrogen and oxygen atoms in total. The van der Waals surface area contributed by atoms with Crippen molar-refractivity contribution in [3.05, 3.63) is 0 Å². The number of unbranched alkanes of at least 4 members (excludes halogenated alkanes) is 9. The van der Waals surface area contributed by atoms with Crippen LogP contribution >= 0.6 is 0 Å². The van der Waals surface area contributed by atoms with Gasteiger partial charge in [-0.2, -0.15) is 0 Å². The number of rotatable bonds is 31. The van der Waals surface area contributed by atoms with E-state index in [1.165, 1.54) is 51.4 Å². The van der Waals surface area contributed by atoms with Crippen LogP contribution in [-0.4, -0.2) is 63.9 Å². The SMILES string of the molecule is CO[Si](CCCCCCCCCCCC[Si](O[Si](C(C)C)(C(C)C)C(C)C)(O[Si](C(C)C)(C(C)C)C(C)C)O[Si](C(C)C)(C(C)C)C(C)C)(OC)OC. The minimum atomic E-state index is -3.22. The van der Waals surface area contributed by atoms with E-state index in [0.717, 1.165) is 24.9 Å². The van der Waals surface area contributed by atoms with Crippen molar-refractivity contribution in [3.63, 3.8) is 0 Å². The summed E-state index contributed by atoms with van der Waals surface area (Å²) in [6.07, 6.45) is 12.5. The summed E-state index contributed by atoms with van der Waals surface area (Å²) in [5, 5.41) is 0. The Kier molecular flexibility index (Phi) is 25.1. The van der Waals surface area contributed by atoms with E-state index in [1.807, 2.05) is 0 Å². The molecule has 0 aliphatic rings. The van der Waals surface area contributed by atoms with E-state index in [9.17, 15) is 0 Å². The highest BCUT2D eigenvalue weighted by Gasteiger charge is 2.63. The van der Waals surface area contributed by atoms with Gasteiger partial charge in [0.15, 0.2) is 25.0 Å². The fourth-order valence-electron chi connectivity index (χ4n) is 10.7. The molecule has 0 fully saturated rings. The molecule has 0 saturated carbocycles. The maximum absolute atomic E-state index is 8.24. The Morgan fingerprint density at radius 3 is 0.604 bits per heavy atom. The lowest BCUT2D eigenvalue weighted by Crippen LogP contribution is -2.69. The average Bonchev–Trinajstić information content (AvgIpc) is 3.06. The lowest BCUT2D eigenvalue weighted by molar-refractivity contribution is 0.122. The molecule has 0 aromatic carbocycles. The van der Waals surface area contributed by atoms with Gasteiger partial charge in [0.25, 0.3) is 0 Å². The van der Waals surface area contributed by atoms with E-state index >= 15 is 0 Å². The lowest BCUT2D eigenvalue weighted by Gasteiger charge is -2.56. The van der Waals surface area contributed by atoms with Crippen LogP contribution in [0.5, 0.6) is 0 Å². The number of hydrogen-bond donors (Lipinski definition) is 0. The molecule has 0 spiro atoms. The monoisotopic (exact) mass is 837 g/mol. The summed E-state index contributed by atoms with van der Waals surface area (Å²) in [4.78, 5) is 0. The summed E-state index contributed by atoms with van der Waals surface area (Å²) in [6.45, 7) is 43.9. The lowest BCUT2D eigenvalue weighted by atomic mass is 10.1. The van der Waals surface area contributed by atoms with Crippen molar-refractivity contribution in [2.45, 2.75) is 251 Å². The zero-order valence-corrected chi connectivity index (χ0v) is 44.6. The fraction of sp³-hybridized carbons (Fsp3) is 1.00. The second-order valence-corrected chi connectivity index (χ2v) is 42.2. The van der Waals surface area contributed by atoms with Crippen LogP contribution in [0.25, 0.3) is 0 Å². The van der Waals surface area contributed by atoms with E-state index in [0.29, 0.717) is 49.9 Å². The summed E-state index contributed by atoms with van der Waals surface area (Å²) in [7, 11) is -7.58. The second kappa shape index (κ2) is 24.7. The van der Waals surface area contributed by atoms with Crippen molar-refractivity contribution in [2.75, 3.05) is 21.3 Å². The second-order valence-electron chi connectivity index (χ2n) is 19.3. The molecule has 0 saturated heterocycles. The summed E-state index contributed by atoms with van der Waals surface area (Å²) < 4.78 is 41.5. The molecule has 0 aromatic rings. The Morgan fingerprint density at radius 2 is 0.434 bits per heavy atom. The van der Waals surface area contributed by atoms with Crippen molar-refractivity contribution in [3.8, 4) is 0 Å². The van der Waals surface area contributed by atoms with Gasteiger partial charge >= 0.3 is 17.6 Å². The third kappa shape index (κ3) is 14.0. The van der Waals surface area contributed by atoms with Gasteiger partial charge in [-0.25, -0.2) is 0 Å². The quantitative estimate of drug-likeness (QED) is 0.0512. The van der Waals surface area contributed by atoms with E-state index in [4.69, 9.17) is 25.6 Å². The van der Waals surface area contributed by atoms with Crippen LogP contribution in [0.15, 0.2) is 0 Å². The minimum absolute atomic E-state index is 0.479. The van der Waals surface area contributed by atoms with Crippen LogP contribution in [0.4, 0.5) is 0 Å². The molecule has 320 valence electrons. The van der Waals surface area contributed by atoms with Gasteiger partial charge in [-0.1, -0.05) is 176 Å². The van der Waals surface area contributed by atoms with E-state index in [2.05, 4.69) is 125 Å². The van der Waals surface area contributed by atoms with Gasteiger partial charge in [0, 0.05) is 33.4 Å². The average molecular weight is 838 g/mol. The Hall–Kier alpha value is 0.844. The van der Waals surface area contributed by atoms with Gasteiger partial charge < -0.3 is 25.6 Å². The molecule has 0 unspecified atom stereocenters. The molecule has 0 heterocycles. The number of hydrogen-bond acceptors (Lipinski definition) is 6. The zero-order chi connectivity index (χ0) is 41.4. The van der Waals surface area contributed by atoms with E-state index in [-0.39, 0.29) is 0 Å². The van der Waals surface area contributed by atoms with Crippen molar-refractivity contribution in [2.24, 2.45) is 0 Å². The molecule has 0 rings (SSSR count). The highest BCUT2D eigenvalue weighted by Crippen LogP contribution is 2.53. The van der Waals surface area contributed by atoms with E-state index < -0.39 is 42.6 Å². The van der Waals surface area contributed by atoms with Gasteiger partial charge in [-0.3, -0.25) is 0 Å². The Labute approximate surface area is 338 Å². The molecule has 0 bridgehead atoms. The molecule has 53 heavy (non-hydrogen) atoms. The van der Waals surface area contributed by atoms with Gasteiger partial charge in [0.1, 0.15) is 0 Å². The highest BCUT2D eigenvalue weighted by atomic mass is 28.5. The van der Waals surface area contributed by atoms with Crippen LogP contribution in [0, 0.1) is 0 Å². The first-order chi connectivity index (χ1) is 24.5. The molecular weight excluding hydrogens is 741 g/mol. The fourth-order valence-corrected chi connectivity index (χ4v) is 43.0. The van der Waals surface area contributed by atoms with Crippen LogP contribution in [-0.2, 0) is 25.6 Å². The Balaban J connectivity index is 6.56. The molecular formula is C42H96O6Si5.